The molecule has 56 valence electrons. The highest BCUT2D eigenvalue weighted by Crippen LogP contribution is 1.97. The summed E-state index contributed by atoms with van der Waals surface area (Å²) in [5.41, 5.74) is 0. The summed E-state index contributed by atoms with van der Waals surface area (Å²) in [6, 6.07) is 0. The zero-order valence-electron chi connectivity index (χ0n) is 5.98. The fourth-order valence-corrected chi connectivity index (χ4v) is 0.602. The lowest BCUT2D eigenvalue weighted by Gasteiger charge is -2.05. The third-order valence-corrected chi connectivity index (χ3v) is 1.20. The maximum Gasteiger partial charge on any atom is 0.107 e. The predicted octanol–water partition coefficient (Wildman–Crippen LogP) is 1.74. The molecule has 3 heteroatoms. The summed E-state index contributed by atoms with van der Waals surface area (Å²) in [4.78, 5) is 0. The molecule has 0 aromatic heterocycles. The zero-order chi connectivity index (χ0) is 7.11. The van der Waals surface area contributed by atoms with Crippen LogP contribution in [0.25, 0.3) is 0 Å². The van der Waals surface area contributed by atoms with E-state index in [1.54, 1.807) is 0 Å². The number of alkyl halides is 1. The molecule has 0 radical (unpaired) electrons. The van der Waals surface area contributed by atoms with Crippen molar-refractivity contribution in [3.63, 3.8) is 0 Å². The van der Waals surface area contributed by atoms with Gasteiger partial charge in [0.1, 0.15) is 4.11 Å². The van der Waals surface area contributed by atoms with Gasteiger partial charge in [0, 0.05) is 0 Å². The van der Waals surface area contributed by atoms with Crippen LogP contribution in [0.2, 0.25) is 0 Å². The summed E-state index contributed by atoms with van der Waals surface area (Å²) in [5, 5.41) is 3.14. The topological polar surface area (TPSA) is 21.3 Å². The Balaban J connectivity index is 2.75. The molecular formula is C6H14INO. The van der Waals surface area contributed by atoms with Crippen molar-refractivity contribution in [2.75, 3.05) is 13.3 Å². The number of nitrogens with one attached hydrogen (secondary N) is 1. The molecule has 2 nitrogen and oxygen atoms in total. The average molecular weight is 243 g/mol. The number of halogens is 1. The summed E-state index contributed by atoms with van der Waals surface area (Å²) in [6.45, 7) is 5.88. The van der Waals surface area contributed by atoms with E-state index in [-0.39, 0.29) is 0 Å². The van der Waals surface area contributed by atoms with Gasteiger partial charge >= 0.3 is 0 Å². The monoisotopic (exact) mass is 243 g/mol. The summed E-state index contributed by atoms with van der Waals surface area (Å²) < 4.78 is 5.53. The minimum absolute atomic E-state index is 0.312. The van der Waals surface area contributed by atoms with Crippen LogP contribution in [-0.4, -0.2) is 17.4 Å². The molecule has 0 aliphatic heterocycles. The molecule has 0 amide bonds. The Morgan fingerprint density at radius 1 is 1.67 bits per heavy atom. The Morgan fingerprint density at radius 2 is 2.33 bits per heavy atom. The van der Waals surface area contributed by atoms with Gasteiger partial charge in [-0.2, -0.15) is 0 Å². The predicted molar refractivity (Wildman–Crippen MR) is 47.7 cm³/mol. The lowest BCUT2D eigenvalue weighted by molar-refractivity contribution is 0.117. The Hall–Kier alpha value is 0.650. The molecule has 0 fully saturated rings. The molecular weight excluding hydrogens is 229 g/mol. The first-order valence-electron chi connectivity index (χ1n) is 3.23. The molecule has 0 heterocycles. The molecule has 0 saturated heterocycles. The van der Waals surface area contributed by atoms with Gasteiger partial charge in [0.05, 0.1) is 6.73 Å². The van der Waals surface area contributed by atoms with Crippen molar-refractivity contribution in [3.05, 3.63) is 0 Å². The SMILES string of the molecule is CCCNCOC(C)I. The second-order valence-corrected chi connectivity index (χ2v) is 3.61. The Bertz CT molecular complexity index is 59.0. The van der Waals surface area contributed by atoms with Crippen LogP contribution < -0.4 is 5.32 Å². The van der Waals surface area contributed by atoms with E-state index >= 15 is 0 Å². The van der Waals surface area contributed by atoms with E-state index in [2.05, 4.69) is 34.8 Å². The van der Waals surface area contributed by atoms with E-state index in [1.165, 1.54) is 6.42 Å². The first-order chi connectivity index (χ1) is 4.27. The van der Waals surface area contributed by atoms with E-state index in [9.17, 15) is 0 Å². The van der Waals surface area contributed by atoms with Crippen LogP contribution in [0.15, 0.2) is 0 Å². The lowest BCUT2D eigenvalue weighted by Crippen LogP contribution is -2.20. The number of ether oxygens (including phenoxy) is 1. The highest BCUT2D eigenvalue weighted by molar-refractivity contribution is 14.1. The van der Waals surface area contributed by atoms with Gasteiger partial charge in [-0.1, -0.05) is 29.5 Å². The molecule has 0 rings (SSSR count). The number of hydrogen-bond donors (Lipinski definition) is 1. The van der Waals surface area contributed by atoms with Gasteiger partial charge in [-0.3, -0.25) is 5.32 Å². The van der Waals surface area contributed by atoms with E-state index < -0.39 is 0 Å². The van der Waals surface area contributed by atoms with Gasteiger partial charge in [0.2, 0.25) is 0 Å². The van der Waals surface area contributed by atoms with Gasteiger partial charge in [0.15, 0.2) is 0 Å². The Kier molecular flexibility index (Phi) is 7.25. The van der Waals surface area contributed by atoms with E-state index in [1.807, 2.05) is 6.92 Å². The van der Waals surface area contributed by atoms with E-state index in [4.69, 9.17) is 4.74 Å². The fourth-order valence-electron chi connectivity index (χ4n) is 0.423. The normalized spacial score (nSPS) is 13.7. The lowest BCUT2D eigenvalue weighted by atomic mass is 10.5. The molecule has 9 heavy (non-hydrogen) atoms. The second kappa shape index (κ2) is 6.77. The van der Waals surface area contributed by atoms with Crippen molar-refractivity contribution < 1.29 is 4.74 Å². The van der Waals surface area contributed by atoms with Gasteiger partial charge in [0.25, 0.3) is 0 Å². The maximum absolute atomic E-state index is 5.22. The first-order valence-corrected chi connectivity index (χ1v) is 4.48. The largest absolute Gasteiger partial charge is 0.353 e. The summed E-state index contributed by atoms with van der Waals surface area (Å²) in [7, 11) is 0. The van der Waals surface area contributed by atoms with Crippen LogP contribution >= 0.6 is 22.6 Å². The molecule has 1 atom stereocenters. The van der Waals surface area contributed by atoms with Crippen LogP contribution in [0.5, 0.6) is 0 Å². The van der Waals surface area contributed by atoms with Gasteiger partial charge < -0.3 is 4.74 Å². The molecule has 1 N–H and O–H groups in total. The van der Waals surface area contributed by atoms with E-state index in [0.717, 1.165) is 6.54 Å². The quantitative estimate of drug-likeness (QED) is 0.343. The van der Waals surface area contributed by atoms with Gasteiger partial charge in [-0.05, 0) is 19.9 Å². The number of rotatable bonds is 5. The second-order valence-electron chi connectivity index (χ2n) is 1.85. The molecule has 0 aliphatic carbocycles. The third kappa shape index (κ3) is 8.65. The van der Waals surface area contributed by atoms with Crippen LogP contribution in [0.3, 0.4) is 0 Å². The summed E-state index contributed by atoms with van der Waals surface area (Å²) >= 11 is 2.23. The smallest absolute Gasteiger partial charge is 0.107 e. The highest BCUT2D eigenvalue weighted by Gasteiger charge is 1.90. The van der Waals surface area contributed by atoms with Gasteiger partial charge in [-0.15, -0.1) is 0 Å². The minimum atomic E-state index is 0.312. The Morgan fingerprint density at radius 3 is 2.78 bits per heavy atom. The molecule has 0 aliphatic rings. The molecule has 1 unspecified atom stereocenters. The first kappa shape index (κ1) is 9.65. The zero-order valence-corrected chi connectivity index (χ0v) is 8.14. The standard InChI is InChI=1S/C6H14INO/c1-3-4-8-5-9-6(2)7/h6,8H,3-5H2,1-2H3. The van der Waals surface area contributed by atoms with E-state index in [0.29, 0.717) is 10.8 Å². The van der Waals surface area contributed by atoms with Crippen molar-refractivity contribution in [1.29, 1.82) is 0 Å². The highest BCUT2D eigenvalue weighted by atomic mass is 127. The molecule has 0 aromatic carbocycles. The Labute approximate surface area is 70.5 Å². The van der Waals surface area contributed by atoms with Gasteiger partial charge in [-0.25, -0.2) is 0 Å². The van der Waals surface area contributed by atoms with Crippen molar-refractivity contribution in [3.8, 4) is 0 Å². The maximum atomic E-state index is 5.22. The fraction of sp³-hybridized carbons (Fsp3) is 1.00. The van der Waals surface area contributed by atoms with Crippen molar-refractivity contribution in [1.82, 2.24) is 5.32 Å². The molecule has 0 spiro atoms. The summed E-state index contributed by atoms with van der Waals surface area (Å²) in [6.07, 6.45) is 1.17. The van der Waals surface area contributed by atoms with Crippen LogP contribution in [-0.2, 0) is 4.74 Å². The summed E-state index contributed by atoms with van der Waals surface area (Å²) in [5.74, 6) is 0. The molecule has 0 saturated carbocycles. The van der Waals surface area contributed by atoms with Crippen LogP contribution in [0, 0.1) is 0 Å². The van der Waals surface area contributed by atoms with Crippen molar-refractivity contribution in [2.24, 2.45) is 0 Å². The minimum Gasteiger partial charge on any atom is -0.353 e. The van der Waals surface area contributed by atoms with Crippen molar-refractivity contribution >= 4 is 22.6 Å². The van der Waals surface area contributed by atoms with Crippen molar-refractivity contribution in [2.45, 2.75) is 24.4 Å². The molecule has 0 aromatic rings. The molecule has 0 bridgehead atoms. The average Bonchev–Trinajstić information content (AvgIpc) is 1.80. The third-order valence-electron chi connectivity index (χ3n) is 0.842. The number of hydrogen-bond acceptors (Lipinski definition) is 2. The van der Waals surface area contributed by atoms with Crippen LogP contribution in [0.1, 0.15) is 20.3 Å². The van der Waals surface area contributed by atoms with Crippen LogP contribution in [0.4, 0.5) is 0 Å².